The van der Waals surface area contributed by atoms with Gasteiger partial charge in [0.15, 0.2) is 0 Å². The van der Waals surface area contributed by atoms with Gasteiger partial charge in [0.25, 0.3) is 0 Å². The average molecular weight is 301 g/mol. The minimum absolute atomic E-state index is 0.670. The molecule has 21 heavy (non-hydrogen) atoms. The van der Waals surface area contributed by atoms with Crippen molar-refractivity contribution in [3.8, 4) is 0 Å². The molecule has 2 aromatic rings. The molecule has 2 fully saturated rings. The molecule has 2 aliphatic rings. The number of piperidine rings is 1. The molecule has 0 aliphatic carbocycles. The average Bonchev–Trinajstić information content (AvgIpc) is 2.68. The van der Waals surface area contributed by atoms with Gasteiger partial charge in [0.2, 0.25) is 0 Å². The predicted octanol–water partition coefficient (Wildman–Crippen LogP) is 4.54. The molecule has 0 N–H and O–H groups in total. The Labute approximate surface area is 131 Å². The van der Waals surface area contributed by atoms with Gasteiger partial charge in [-0.3, -0.25) is 4.98 Å². The van der Waals surface area contributed by atoms with Gasteiger partial charge in [0.1, 0.15) is 0 Å². The molecule has 2 atom stereocenters. The Morgan fingerprint density at radius 3 is 2.62 bits per heavy atom. The van der Waals surface area contributed by atoms with Crippen molar-refractivity contribution in [3.63, 3.8) is 0 Å². The smallest absolute Gasteiger partial charge is 0.0722 e. The van der Waals surface area contributed by atoms with Crippen molar-refractivity contribution in [2.45, 2.75) is 50.6 Å². The van der Waals surface area contributed by atoms with Gasteiger partial charge in [-0.05, 0) is 74.9 Å². The summed E-state index contributed by atoms with van der Waals surface area (Å²) >= 11 is 6.19. The van der Waals surface area contributed by atoms with Crippen LogP contribution in [0.1, 0.15) is 42.7 Å². The topological polar surface area (TPSA) is 16.1 Å². The molecule has 2 aliphatic heterocycles. The lowest BCUT2D eigenvalue weighted by atomic mass is 9.83. The lowest BCUT2D eigenvalue weighted by Gasteiger charge is -2.37. The van der Waals surface area contributed by atoms with Crippen LogP contribution in [0.15, 0.2) is 24.4 Å². The first-order valence-electron chi connectivity index (χ1n) is 7.90. The zero-order chi connectivity index (χ0) is 14.6. The molecule has 0 radical (unpaired) electrons. The van der Waals surface area contributed by atoms with Gasteiger partial charge in [-0.2, -0.15) is 0 Å². The third kappa shape index (κ3) is 2.16. The van der Waals surface area contributed by atoms with E-state index >= 15 is 0 Å². The minimum Gasteiger partial charge on any atom is -0.300 e. The lowest BCUT2D eigenvalue weighted by Crippen LogP contribution is -2.39. The molecule has 0 saturated carbocycles. The molecule has 0 spiro atoms. The molecule has 4 rings (SSSR count). The van der Waals surface area contributed by atoms with Gasteiger partial charge in [-0.1, -0.05) is 11.6 Å². The number of fused-ring (bicyclic) bond motifs is 3. The first-order valence-corrected chi connectivity index (χ1v) is 8.28. The van der Waals surface area contributed by atoms with Crippen LogP contribution in [-0.2, 0) is 0 Å². The molecule has 110 valence electrons. The monoisotopic (exact) mass is 300 g/mol. The van der Waals surface area contributed by atoms with E-state index in [4.69, 9.17) is 11.6 Å². The zero-order valence-corrected chi connectivity index (χ0v) is 13.4. The van der Waals surface area contributed by atoms with E-state index < -0.39 is 0 Å². The van der Waals surface area contributed by atoms with Crippen LogP contribution in [0.4, 0.5) is 0 Å². The van der Waals surface area contributed by atoms with Crippen LogP contribution in [0.3, 0.4) is 0 Å². The number of nitrogens with zero attached hydrogens (tertiary/aromatic N) is 2. The maximum absolute atomic E-state index is 6.19. The van der Waals surface area contributed by atoms with Crippen molar-refractivity contribution in [2.24, 2.45) is 0 Å². The van der Waals surface area contributed by atoms with Crippen LogP contribution in [-0.4, -0.2) is 29.0 Å². The highest BCUT2D eigenvalue weighted by Crippen LogP contribution is 2.44. The molecule has 0 amide bonds. The Morgan fingerprint density at radius 1 is 1.19 bits per heavy atom. The number of rotatable bonds is 1. The van der Waals surface area contributed by atoms with Crippen molar-refractivity contribution in [1.82, 2.24) is 9.88 Å². The second kappa shape index (κ2) is 4.96. The van der Waals surface area contributed by atoms with Crippen LogP contribution >= 0.6 is 11.6 Å². The van der Waals surface area contributed by atoms with E-state index in [1.165, 1.54) is 42.2 Å². The second-order valence-corrected chi connectivity index (χ2v) is 7.17. The summed E-state index contributed by atoms with van der Waals surface area (Å²) in [6, 6.07) is 7.84. The van der Waals surface area contributed by atoms with Crippen molar-refractivity contribution in [3.05, 3.63) is 40.5 Å². The SMILES string of the molecule is Cc1cc(Cl)cc2nccc(C3CC4CCC(C3)N4C)c12. The van der Waals surface area contributed by atoms with Crippen LogP contribution in [0, 0.1) is 6.92 Å². The van der Waals surface area contributed by atoms with Crippen molar-refractivity contribution in [1.29, 1.82) is 0 Å². The molecular formula is C18H21ClN2. The predicted molar refractivity (Wildman–Crippen MR) is 88.0 cm³/mol. The molecule has 1 aromatic carbocycles. The van der Waals surface area contributed by atoms with Crippen molar-refractivity contribution >= 4 is 22.5 Å². The van der Waals surface area contributed by atoms with Gasteiger partial charge in [-0.25, -0.2) is 0 Å². The highest BCUT2D eigenvalue weighted by Gasteiger charge is 2.39. The first-order chi connectivity index (χ1) is 10.1. The molecule has 2 bridgehead atoms. The quantitative estimate of drug-likeness (QED) is 0.769. The third-order valence-electron chi connectivity index (χ3n) is 5.57. The standard InChI is InChI=1S/C18H21ClN2/c1-11-7-13(19)10-17-18(11)16(5-6-20-17)12-8-14-3-4-15(9-12)21(14)2/h5-7,10,12,14-15H,3-4,8-9H2,1-2H3. The number of aromatic nitrogens is 1. The maximum Gasteiger partial charge on any atom is 0.0722 e. The number of aryl methyl sites for hydroxylation is 1. The van der Waals surface area contributed by atoms with Crippen molar-refractivity contribution in [2.75, 3.05) is 7.05 Å². The van der Waals surface area contributed by atoms with E-state index in [1.807, 2.05) is 12.3 Å². The Kier molecular flexibility index (Phi) is 3.20. The second-order valence-electron chi connectivity index (χ2n) is 6.74. The zero-order valence-electron chi connectivity index (χ0n) is 12.6. The van der Waals surface area contributed by atoms with Crippen LogP contribution < -0.4 is 0 Å². The number of halogens is 1. The molecule has 2 unspecified atom stereocenters. The summed E-state index contributed by atoms with van der Waals surface area (Å²) in [7, 11) is 2.30. The molecule has 3 heterocycles. The van der Waals surface area contributed by atoms with Crippen LogP contribution in [0.5, 0.6) is 0 Å². The Morgan fingerprint density at radius 2 is 1.90 bits per heavy atom. The summed E-state index contributed by atoms with van der Waals surface area (Å²) in [5.74, 6) is 0.670. The van der Waals surface area contributed by atoms with E-state index in [0.717, 1.165) is 22.6 Å². The van der Waals surface area contributed by atoms with Crippen LogP contribution in [0.25, 0.3) is 10.9 Å². The van der Waals surface area contributed by atoms with Crippen molar-refractivity contribution < 1.29 is 0 Å². The Bertz CT molecular complexity index is 683. The normalized spacial score (nSPS) is 29.2. The fourth-order valence-corrected chi connectivity index (χ4v) is 4.76. The van der Waals surface area contributed by atoms with Gasteiger partial charge in [0, 0.05) is 28.7 Å². The Balaban J connectivity index is 1.81. The van der Waals surface area contributed by atoms with E-state index in [1.54, 1.807) is 0 Å². The van der Waals surface area contributed by atoms with E-state index in [-0.39, 0.29) is 0 Å². The summed E-state index contributed by atoms with van der Waals surface area (Å²) in [4.78, 5) is 7.13. The molecular weight excluding hydrogens is 280 g/mol. The maximum atomic E-state index is 6.19. The molecule has 2 saturated heterocycles. The summed E-state index contributed by atoms with van der Waals surface area (Å²) in [5.41, 5.74) is 3.79. The molecule has 2 nitrogen and oxygen atoms in total. The number of benzene rings is 1. The summed E-state index contributed by atoms with van der Waals surface area (Å²) in [6.45, 7) is 2.16. The number of hydrogen-bond acceptors (Lipinski definition) is 2. The molecule has 1 aromatic heterocycles. The van der Waals surface area contributed by atoms with Gasteiger partial charge >= 0.3 is 0 Å². The van der Waals surface area contributed by atoms with E-state index in [2.05, 4.69) is 36.0 Å². The minimum atomic E-state index is 0.670. The summed E-state index contributed by atoms with van der Waals surface area (Å²) < 4.78 is 0. The Hall–Kier alpha value is -1.12. The summed E-state index contributed by atoms with van der Waals surface area (Å²) in [6.07, 6.45) is 7.26. The third-order valence-corrected chi connectivity index (χ3v) is 5.79. The van der Waals surface area contributed by atoms with Gasteiger partial charge in [-0.15, -0.1) is 0 Å². The van der Waals surface area contributed by atoms with E-state index in [9.17, 15) is 0 Å². The van der Waals surface area contributed by atoms with Crippen LogP contribution in [0.2, 0.25) is 5.02 Å². The number of hydrogen-bond donors (Lipinski definition) is 0. The highest BCUT2D eigenvalue weighted by atomic mass is 35.5. The first kappa shape index (κ1) is 13.5. The fourth-order valence-electron chi connectivity index (χ4n) is 4.49. The van der Waals surface area contributed by atoms with E-state index in [0.29, 0.717) is 5.92 Å². The van der Waals surface area contributed by atoms with Gasteiger partial charge < -0.3 is 4.90 Å². The van der Waals surface area contributed by atoms with Gasteiger partial charge in [0.05, 0.1) is 5.52 Å². The highest BCUT2D eigenvalue weighted by molar-refractivity contribution is 6.31. The molecule has 3 heteroatoms. The largest absolute Gasteiger partial charge is 0.300 e. The fraction of sp³-hybridized carbons (Fsp3) is 0.500. The number of pyridine rings is 1. The lowest BCUT2D eigenvalue weighted by molar-refractivity contribution is 0.162. The summed E-state index contributed by atoms with van der Waals surface area (Å²) in [5, 5.41) is 2.11.